The molecule has 0 unspecified atom stereocenters. The molecule has 1 aliphatic carbocycles. The Hall–Kier alpha value is -2.42. The van der Waals surface area contributed by atoms with E-state index < -0.39 is 0 Å². The van der Waals surface area contributed by atoms with Gasteiger partial charge in [0.15, 0.2) is 0 Å². The van der Waals surface area contributed by atoms with Crippen LogP contribution in [0.5, 0.6) is 0 Å². The van der Waals surface area contributed by atoms with Gasteiger partial charge in [-0.05, 0) is 67.0 Å². The summed E-state index contributed by atoms with van der Waals surface area (Å²) >= 11 is 0. The van der Waals surface area contributed by atoms with E-state index in [2.05, 4.69) is 53.8 Å². The van der Waals surface area contributed by atoms with E-state index in [0.717, 1.165) is 24.6 Å². The molecule has 0 aliphatic heterocycles. The number of fused-ring (bicyclic) bond motifs is 1. The monoisotopic (exact) mass is 359 g/mol. The summed E-state index contributed by atoms with van der Waals surface area (Å²) in [5.41, 5.74) is 2.59. The van der Waals surface area contributed by atoms with Crippen LogP contribution >= 0.6 is 0 Å². The molecule has 2 aromatic heterocycles. The minimum absolute atomic E-state index is 0.560. The lowest BCUT2D eigenvalue weighted by Gasteiger charge is -2.29. The highest BCUT2D eigenvalue weighted by Crippen LogP contribution is 2.31. The first-order valence-corrected chi connectivity index (χ1v) is 10.4. The maximum Gasteiger partial charge on any atom is 0.134 e. The summed E-state index contributed by atoms with van der Waals surface area (Å²) in [6.07, 6.45) is 14.4. The smallest absolute Gasteiger partial charge is 0.134 e. The minimum atomic E-state index is 0.560. The fourth-order valence-electron chi connectivity index (χ4n) is 4.30. The largest absolute Gasteiger partial charge is 0.367 e. The zero-order chi connectivity index (χ0) is 18.5. The second kappa shape index (κ2) is 8.51. The van der Waals surface area contributed by atoms with Gasteiger partial charge in [0, 0.05) is 30.0 Å². The van der Waals surface area contributed by atoms with Crippen molar-refractivity contribution < 1.29 is 0 Å². The summed E-state index contributed by atoms with van der Waals surface area (Å²) in [4.78, 5) is 9.05. The van der Waals surface area contributed by atoms with Crippen LogP contribution in [0.15, 0.2) is 55.0 Å². The molecular weight excluding hydrogens is 330 g/mol. The van der Waals surface area contributed by atoms with Crippen molar-refractivity contribution >= 4 is 16.6 Å². The van der Waals surface area contributed by atoms with Crippen LogP contribution in [0.4, 0.5) is 5.82 Å². The second-order valence-corrected chi connectivity index (χ2v) is 7.81. The fourth-order valence-corrected chi connectivity index (χ4v) is 4.30. The van der Waals surface area contributed by atoms with Crippen LogP contribution in [-0.4, -0.2) is 16.0 Å². The van der Waals surface area contributed by atoms with Crippen LogP contribution in [0.25, 0.3) is 10.8 Å². The number of pyridine rings is 2. The van der Waals surface area contributed by atoms with Gasteiger partial charge in [-0.3, -0.25) is 4.98 Å². The second-order valence-electron chi connectivity index (χ2n) is 7.81. The number of anilines is 1. The molecule has 27 heavy (non-hydrogen) atoms. The Kier molecular flexibility index (Phi) is 5.66. The van der Waals surface area contributed by atoms with E-state index in [0.29, 0.717) is 6.04 Å². The van der Waals surface area contributed by atoms with Crippen molar-refractivity contribution in [1.29, 1.82) is 0 Å². The van der Waals surface area contributed by atoms with Crippen LogP contribution in [0.3, 0.4) is 0 Å². The first-order chi connectivity index (χ1) is 13.3. The predicted octanol–water partition coefficient (Wildman–Crippen LogP) is 5.80. The summed E-state index contributed by atoms with van der Waals surface area (Å²) in [7, 11) is 0. The van der Waals surface area contributed by atoms with Crippen LogP contribution in [-0.2, 0) is 12.8 Å². The van der Waals surface area contributed by atoms with Crippen molar-refractivity contribution in [2.24, 2.45) is 5.92 Å². The number of aryl methyl sites for hydroxylation is 2. The molecule has 140 valence electrons. The van der Waals surface area contributed by atoms with Gasteiger partial charge in [-0.25, -0.2) is 4.98 Å². The number of hydrogen-bond acceptors (Lipinski definition) is 3. The quantitative estimate of drug-likeness (QED) is 0.605. The first kappa shape index (κ1) is 18.0. The third-order valence-corrected chi connectivity index (χ3v) is 6.05. The number of benzene rings is 1. The van der Waals surface area contributed by atoms with E-state index in [9.17, 15) is 0 Å². The van der Waals surface area contributed by atoms with Crippen molar-refractivity contribution in [3.8, 4) is 0 Å². The van der Waals surface area contributed by atoms with Crippen LogP contribution in [0.2, 0.25) is 0 Å². The molecular formula is C24H29N3. The fraction of sp³-hybridized carbons (Fsp3) is 0.417. The molecule has 0 amide bonds. The Balaban J connectivity index is 1.52. The summed E-state index contributed by atoms with van der Waals surface area (Å²) in [6, 6.07) is 13.4. The van der Waals surface area contributed by atoms with Gasteiger partial charge in [0.2, 0.25) is 0 Å². The maximum atomic E-state index is 4.83. The highest BCUT2D eigenvalue weighted by Gasteiger charge is 2.20. The number of hydrogen-bond donors (Lipinski definition) is 1. The molecule has 0 saturated heterocycles. The van der Waals surface area contributed by atoms with E-state index in [1.807, 2.05) is 18.5 Å². The van der Waals surface area contributed by atoms with Crippen LogP contribution in [0.1, 0.15) is 50.2 Å². The molecule has 1 fully saturated rings. The lowest BCUT2D eigenvalue weighted by Crippen LogP contribution is -2.26. The number of aromatic nitrogens is 2. The van der Waals surface area contributed by atoms with Crippen molar-refractivity contribution in [1.82, 2.24) is 9.97 Å². The molecule has 3 aromatic rings. The lowest BCUT2D eigenvalue weighted by molar-refractivity contribution is 0.330. The van der Waals surface area contributed by atoms with Gasteiger partial charge in [0.1, 0.15) is 5.82 Å². The summed E-state index contributed by atoms with van der Waals surface area (Å²) in [5, 5.41) is 6.32. The lowest BCUT2D eigenvalue weighted by atomic mass is 9.84. The molecule has 1 aromatic carbocycles. The van der Waals surface area contributed by atoms with Gasteiger partial charge in [-0.15, -0.1) is 0 Å². The number of nitrogens with one attached hydrogen (secondary N) is 1. The van der Waals surface area contributed by atoms with E-state index in [1.54, 1.807) is 0 Å². The molecule has 3 nitrogen and oxygen atoms in total. The van der Waals surface area contributed by atoms with Crippen LogP contribution < -0.4 is 5.32 Å². The van der Waals surface area contributed by atoms with E-state index in [4.69, 9.17) is 4.98 Å². The molecule has 0 atom stereocenters. The van der Waals surface area contributed by atoms with E-state index >= 15 is 0 Å². The van der Waals surface area contributed by atoms with Gasteiger partial charge in [0.25, 0.3) is 0 Å². The highest BCUT2D eigenvalue weighted by molar-refractivity contribution is 5.94. The van der Waals surface area contributed by atoms with Gasteiger partial charge < -0.3 is 5.32 Å². The Morgan fingerprint density at radius 1 is 0.926 bits per heavy atom. The average molecular weight is 360 g/mol. The molecule has 4 rings (SSSR count). The van der Waals surface area contributed by atoms with Gasteiger partial charge in [0.05, 0.1) is 0 Å². The molecule has 3 heteroatoms. The highest BCUT2D eigenvalue weighted by atomic mass is 15.0. The zero-order valence-electron chi connectivity index (χ0n) is 16.2. The molecule has 1 N–H and O–H groups in total. The molecule has 0 radical (unpaired) electrons. The topological polar surface area (TPSA) is 37.8 Å². The average Bonchev–Trinajstić information content (AvgIpc) is 2.74. The number of nitrogens with zero attached hydrogens (tertiary/aromatic N) is 2. The van der Waals surface area contributed by atoms with E-state index in [-0.39, 0.29) is 0 Å². The van der Waals surface area contributed by atoms with Crippen molar-refractivity contribution in [2.45, 2.75) is 57.9 Å². The Labute approximate surface area is 162 Å². The standard InChI is InChI=1S/C24H29N3/c1-2-18-10-13-21(14-11-18)27-24-23-8-4-3-7-22(23)20(17-26-24)12-9-19-6-5-15-25-16-19/h3-8,15-18,21H,2,9-14H2,1H3,(H,26,27)/t18-,21-. The third kappa shape index (κ3) is 4.29. The minimum Gasteiger partial charge on any atom is -0.367 e. The Bertz CT molecular complexity index is 867. The summed E-state index contributed by atoms with van der Waals surface area (Å²) in [5.74, 6) is 1.97. The molecule has 1 saturated carbocycles. The van der Waals surface area contributed by atoms with Gasteiger partial charge in [-0.1, -0.05) is 43.7 Å². The normalized spacial score (nSPS) is 19.9. The van der Waals surface area contributed by atoms with Crippen molar-refractivity contribution in [3.63, 3.8) is 0 Å². The Morgan fingerprint density at radius 3 is 2.48 bits per heavy atom. The number of rotatable bonds is 6. The molecule has 1 aliphatic rings. The zero-order valence-corrected chi connectivity index (χ0v) is 16.2. The summed E-state index contributed by atoms with van der Waals surface area (Å²) in [6.45, 7) is 2.32. The molecule has 0 spiro atoms. The molecule has 0 bridgehead atoms. The SMILES string of the molecule is CC[C@H]1CC[C@H](Nc2ncc(CCc3cccnc3)c3ccccc23)CC1. The first-order valence-electron chi connectivity index (χ1n) is 10.4. The van der Waals surface area contributed by atoms with Gasteiger partial charge in [-0.2, -0.15) is 0 Å². The van der Waals surface area contributed by atoms with Crippen molar-refractivity contribution in [2.75, 3.05) is 5.32 Å². The Morgan fingerprint density at radius 2 is 1.74 bits per heavy atom. The molecule has 2 heterocycles. The summed E-state index contributed by atoms with van der Waals surface area (Å²) < 4.78 is 0. The maximum absolute atomic E-state index is 4.83. The van der Waals surface area contributed by atoms with Gasteiger partial charge >= 0.3 is 0 Å². The van der Waals surface area contributed by atoms with Crippen molar-refractivity contribution in [3.05, 3.63) is 66.1 Å². The van der Waals surface area contributed by atoms with Crippen LogP contribution in [0, 0.1) is 5.92 Å². The third-order valence-electron chi connectivity index (χ3n) is 6.05. The van der Waals surface area contributed by atoms with E-state index in [1.165, 1.54) is 54.0 Å². The predicted molar refractivity (Wildman–Crippen MR) is 113 cm³/mol.